The van der Waals surface area contributed by atoms with Gasteiger partial charge in [-0.1, -0.05) is 6.92 Å². The van der Waals surface area contributed by atoms with Crippen LogP contribution in [0.5, 0.6) is 11.6 Å². The third-order valence-corrected chi connectivity index (χ3v) is 2.84. The zero-order valence-corrected chi connectivity index (χ0v) is 12.2. The summed E-state index contributed by atoms with van der Waals surface area (Å²) in [7, 11) is 0. The number of ether oxygens (including phenoxy) is 1. The van der Waals surface area contributed by atoms with Crippen molar-refractivity contribution in [3.05, 3.63) is 40.5 Å². The van der Waals surface area contributed by atoms with E-state index in [4.69, 9.17) is 4.74 Å². The van der Waals surface area contributed by atoms with Crippen molar-refractivity contribution in [1.29, 1.82) is 0 Å². The molecule has 1 N–H and O–H groups in total. The highest BCUT2D eigenvalue weighted by Gasteiger charge is 2.09. The lowest BCUT2D eigenvalue weighted by Gasteiger charge is -2.09. The second-order valence-electron chi connectivity index (χ2n) is 3.98. The van der Waals surface area contributed by atoms with Gasteiger partial charge in [0.1, 0.15) is 17.4 Å². The Kier molecular flexibility index (Phi) is 4.84. The fourth-order valence-corrected chi connectivity index (χ4v) is 1.72. The molecule has 0 fully saturated rings. The first-order chi connectivity index (χ1) is 9.58. The normalized spacial score (nSPS) is 10.4. The predicted octanol–water partition coefficient (Wildman–Crippen LogP) is 4.13. The maximum atomic E-state index is 13.1. The van der Waals surface area contributed by atoms with Crippen LogP contribution in [0.2, 0.25) is 0 Å². The molecule has 1 aromatic heterocycles. The second kappa shape index (κ2) is 6.60. The molecule has 0 saturated heterocycles. The summed E-state index contributed by atoms with van der Waals surface area (Å²) in [5.41, 5.74) is 0. The molecule has 7 heteroatoms. The summed E-state index contributed by atoms with van der Waals surface area (Å²) in [5.74, 6) is -0.821. The van der Waals surface area contributed by atoms with Gasteiger partial charge in [0.05, 0.1) is 10.7 Å². The van der Waals surface area contributed by atoms with E-state index in [0.29, 0.717) is 10.4 Å². The van der Waals surface area contributed by atoms with Gasteiger partial charge in [-0.25, -0.2) is 13.8 Å². The molecule has 2 aromatic rings. The highest BCUT2D eigenvalue weighted by Crippen LogP contribution is 2.28. The number of nitrogens with one attached hydrogen (secondary N) is 1. The topological polar surface area (TPSA) is 47.0 Å². The molecule has 2 rings (SSSR count). The summed E-state index contributed by atoms with van der Waals surface area (Å²) >= 11 is 3.23. The Bertz CT molecular complexity index is 590. The van der Waals surface area contributed by atoms with Crippen LogP contribution < -0.4 is 10.1 Å². The van der Waals surface area contributed by atoms with Crippen molar-refractivity contribution in [2.45, 2.75) is 13.3 Å². The third-order valence-electron chi connectivity index (χ3n) is 2.30. The molecule has 0 aliphatic rings. The molecule has 0 aliphatic heterocycles. The van der Waals surface area contributed by atoms with Crippen LogP contribution in [0, 0.1) is 11.6 Å². The van der Waals surface area contributed by atoms with E-state index < -0.39 is 11.6 Å². The first kappa shape index (κ1) is 14.6. The molecular weight excluding hydrogens is 332 g/mol. The molecule has 106 valence electrons. The molecule has 4 nitrogen and oxygen atoms in total. The quantitative estimate of drug-likeness (QED) is 0.886. The second-order valence-corrected chi connectivity index (χ2v) is 4.84. The lowest BCUT2D eigenvalue weighted by molar-refractivity contribution is 0.448. The average molecular weight is 344 g/mol. The van der Waals surface area contributed by atoms with Crippen molar-refractivity contribution >= 4 is 21.9 Å². The number of rotatable bonds is 5. The fraction of sp³-hybridized carbons (Fsp3) is 0.231. The van der Waals surface area contributed by atoms with Crippen LogP contribution >= 0.6 is 15.9 Å². The lowest BCUT2D eigenvalue weighted by atomic mass is 10.3. The van der Waals surface area contributed by atoms with Gasteiger partial charge in [-0.2, -0.15) is 4.98 Å². The van der Waals surface area contributed by atoms with E-state index in [1.807, 2.05) is 6.92 Å². The van der Waals surface area contributed by atoms with Crippen LogP contribution in [0.4, 0.5) is 14.7 Å². The van der Waals surface area contributed by atoms with E-state index >= 15 is 0 Å². The van der Waals surface area contributed by atoms with E-state index in [0.717, 1.165) is 31.2 Å². The van der Waals surface area contributed by atoms with E-state index in [9.17, 15) is 8.78 Å². The number of hydrogen-bond acceptors (Lipinski definition) is 4. The molecule has 0 amide bonds. The van der Waals surface area contributed by atoms with E-state index in [1.54, 1.807) is 0 Å². The van der Waals surface area contributed by atoms with Crippen LogP contribution in [-0.2, 0) is 0 Å². The van der Waals surface area contributed by atoms with Crippen LogP contribution in [-0.4, -0.2) is 16.5 Å². The minimum atomic E-state index is -0.713. The van der Waals surface area contributed by atoms with E-state index in [2.05, 4.69) is 31.2 Å². The van der Waals surface area contributed by atoms with Gasteiger partial charge in [-0.3, -0.25) is 0 Å². The molecule has 0 saturated carbocycles. The first-order valence-corrected chi connectivity index (χ1v) is 6.78. The summed E-state index contributed by atoms with van der Waals surface area (Å²) in [4.78, 5) is 8.18. The van der Waals surface area contributed by atoms with Gasteiger partial charge in [-0.05, 0) is 22.4 Å². The summed E-state index contributed by atoms with van der Waals surface area (Å²) in [6, 6.07) is 2.93. The van der Waals surface area contributed by atoms with Crippen molar-refractivity contribution in [2.75, 3.05) is 11.9 Å². The van der Waals surface area contributed by atoms with Crippen molar-refractivity contribution in [2.24, 2.45) is 0 Å². The molecule has 0 aliphatic carbocycles. The molecule has 0 spiro atoms. The van der Waals surface area contributed by atoms with Crippen LogP contribution in [0.25, 0.3) is 0 Å². The minimum Gasteiger partial charge on any atom is -0.437 e. The Morgan fingerprint density at radius 1 is 1.25 bits per heavy atom. The Hall–Kier alpha value is -1.76. The first-order valence-electron chi connectivity index (χ1n) is 5.99. The SMILES string of the molecule is CCCNc1ncc(Br)c(Oc2cc(F)cc(F)c2)n1. The van der Waals surface area contributed by atoms with Gasteiger partial charge < -0.3 is 10.1 Å². The van der Waals surface area contributed by atoms with Crippen molar-refractivity contribution in [3.63, 3.8) is 0 Å². The number of anilines is 1. The molecule has 1 aromatic carbocycles. The average Bonchev–Trinajstić information content (AvgIpc) is 2.38. The molecule has 0 radical (unpaired) electrons. The monoisotopic (exact) mass is 343 g/mol. The minimum absolute atomic E-state index is 0.0309. The summed E-state index contributed by atoms with van der Waals surface area (Å²) in [6.45, 7) is 2.73. The lowest BCUT2D eigenvalue weighted by Crippen LogP contribution is -2.05. The zero-order chi connectivity index (χ0) is 14.5. The van der Waals surface area contributed by atoms with Crippen LogP contribution in [0.15, 0.2) is 28.9 Å². The molecule has 20 heavy (non-hydrogen) atoms. The fourth-order valence-electron chi connectivity index (χ4n) is 1.44. The number of nitrogens with zero attached hydrogens (tertiary/aromatic N) is 2. The maximum Gasteiger partial charge on any atom is 0.238 e. The van der Waals surface area contributed by atoms with Gasteiger partial charge in [-0.15, -0.1) is 0 Å². The molecule has 0 atom stereocenters. The Balaban J connectivity index is 2.23. The van der Waals surface area contributed by atoms with Gasteiger partial charge in [0, 0.05) is 24.7 Å². The number of halogens is 3. The van der Waals surface area contributed by atoms with E-state index in [-0.39, 0.29) is 11.6 Å². The van der Waals surface area contributed by atoms with Gasteiger partial charge in [0.15, 0.2) is 0 Å². The summed E-state index contributed by atoms with van der Waals surface area (Å²) < 4.78 is 32.1. The number of aromatic nitrogens is 2. The van der Waals surface area contributed by atoms with Gasteiger partial charge >= 0.3 is 0 Å². The Labute approximate surface area is 123 Å². The maximum absolute atomic E-state index is 13.1. The van der Waals surface area contributed by atoms with Crippen molar-refractivity contribution in [3.8, 4) is 11.6 Å². The Morgan fingerprint density at radius 3 is 2.60 bits per heavy atom. The number of hydrogen-bond donors (Lipinski definition) is 1. The van der Waals surface area contributed by atoms with E-state index in [1.165, 1.54) is 6.20 Å². The largest absolute Gasteiger partial charge is 0.437 e. The smallest absolute Gasteiger partial charge is 0.238 e. The third kappa shape index (κ3) is 3.86. The molecule has 0 bridgehead atoms. The predicted molar refractivity (Wildman–Crippen MR) is 74.9 cm³/mol. The highest BCUT2D eigenvalue weighted by atomic mass is 79.9. The van der Waals surface area contributed by atoms with Crippen LogP contribution in [0.1, 0.15) is 13.3 Å². The van der Waals surface area contributed by atoms with Crippen molar-refractivity contribution in [1.82, 2.24) is 9.97 Å². The highest BCUT2D eigenvalue weighted by molar-refractivity contribution is 9.10. The molecular formula is C13H12BrF2N3O. The van der Waals surface area contributed by atoms with Crippen molar-refractivity contribution < 1.29 is 13.5 Å². The van der Waals surface area contributed by atoms with Crippen LogP contribution in [0.3, 0.4) is 0 Å². The molecule has 0 unspecified atom stereocenters. The zero-order valence-electron chi connectivity index (χ0n) is 10.7. The molecule has 1 heterocycles. The number of benzene rings is 1. The standard InChI is InChI=1S/C13H12BrF2N3O/c1-2-3-17-13-18-7-11(14)12(19-13)20-10-5-8(15)4-9(16)6-10/h4-7H,2-3H2,1H3,(H,17,18,19). The Morgan fingerprint density at radius 2 is 1.95 bits per heavy atom. The summed E-state index contributed by atoms with van der Waals surface area (Å²) in [5, 5.41) is 3.00. The van der Waals surface area contributed by atoms with Gasteiger partial charge in [0.2, 0.25) is 11.8 Å². The summed E-state index contributed by atoms with van der Waals surface area (Å²) in [6.07, 6.45) is 2.43. The van der Waals surface area contributed by atoms with Gasteiger partial charge in [0.25, 0.3) is 0 Å².